The topological polar surface area (TPSA) is 80.3 Å². The standard InChI is InChI=1S/C35H31NO4S2/c1-5-35(6-2,36-29-15-11-21(3)17-22(29)4)24-13-14-26-27-19-33-28(20-32(27)42(39,40)31(26)18-24)34-25-10-8-7-9-23(25)12-16-30(34)41(33,37)38/h7-20,36H,5-6H2,1-4H3. The second kappa shape index (κ2) is 9.03. The van der Waals surface area contributed by atoms with E-state index in [0.717, 1.165) is 40.4 Å². The van der Waals surface area contributed by atoms with Crippen molar-refractivity contribution < 1.29 is 16.8 Å². The predicted molar refractivity (Wildman–Crippen MR) is 168 cm³/mol. The molecule has 0 amide bonds. The van der Waals surface area contributed by atoms with Crippen LogP contribution in [0.25, 0.3) is 33.0 Å². The van der Waals surface area contributed by atoms with Crippen LogP contribution in [-0.4, -0.2) is 16.8 Å². The molecule has 7 rings (SSSR count). The second-order valence-corrected chi connectivity index (χ2v) is 15.2. The van der Waals surface area contributed by atoms with E-state index >= 15 is 0 Å². The van der Waals surface area contributed by atoms with E-state index in [2.05, 4.69) is 51.2 Å². The van der Waals surface area contributed by atoms with Crippen LogP contribution in [0.5, 0.6) is 0 Å². The number of anilines is 1. The van der Waals surface area contributed by atoms with Gasteiger partial charge < -0.3 is 5.32 Å². The lowest BCUT2D eigenvalue weighted by Gasteiger charge is -2.36. The second-order valence-electron chi connectivity index (χ2n) is 11.5. The molecule has 5 nitrogen and oxygen atoms in total. The van der Waals surface area contributed by atoms with E-state index in [1.807, 2.05) is 36.4 Å². The summed E-state index contributed by atoms with van der Waals surface area (Å²) < 4.78 is 55.7. The molecule has 0 aromatic heterocycles. The van der Waals surface area contributed by atoms with E-state index in [0.29, 0.717) is 22.3 Å². The van der Waals surface area contributed by atoms with E-state index in [9.17, 15) is 16.8 Å². The van der Waals surface area contributed by atoms with Crippen LogP contribution in [0.1, 0.15) is 43.4 Å². The fraction of sp³-hybridized carbons (Fsp3) is 0.200. The van der Waals surface area contributed by atoms with Crippen LogP contribution in [-0.2, 0) is 25.2 Å². The zero-order chi connectivity index (χ0) is 29.6. The summed E-state index contributed by atoms with van der Waals surface area (Å²) in [5, 5.41) is 5.44. The number of sulfone groups is 2. The molecule has 1 N–H and O–H groups in total. The minimum atomic E-state index is -3.89. The van der Waals surface area contributed by atoms with Crippen LogP contribution in [0, 0.1) is 13.8 Å². The van der Waals surface area contributed by atoms with Gasteiger partial charge in [-0.15, -0.1) is 0 Å². The molecule has 212 valence electrons. The Labute approximate surface area is 247 Å². The van der Waals surface area contributed by atoms with Gasteiger partial charge in [0.1, 0.15) is 0 Å². The van der Waals surface area contributed by atoms with Crippen LogP contribution < -0.4 is 5.32 Å². The number of hydrogen-bond donors (Lipinski definition) is 1. The number of nitrogens with one attached hydrogen (secondary N) is 1. The van der Waals surface area contributed by atoms with Gasteiger partial charge in [0.25, 0.3) is 0 Å². The third-order valence-electron chi connectivity index (χ3n) is 9.19. The Morgan fingerprint density at radius 2 is 1.31 bits per heavy atom. The molecule has 0 saturated carbocycles. The van der Waals surface area contributed by atoms with Gasteiger partial charge in [-0.25, -0.2) is 16.8 Å². The highest BCUT2D eigenvalue weighted by Gasteiger charge is 2.41. The van der Waals surface area contributed by atoms with Gasteiger partial charge >= 0.3 is 0 Å². The van der Waals surface area contributed by atoms with E-state index < -0.39 is 25.2 Å². The van der Waals surface area contributed by atoms with Gasteiger partial charge in [0.05, 0.1) is 25.1 Å². The molecule has 0 aliphatic carbocycles. The van der Waals surface area contributed by atoms with Gasteiger partial charge in [0.2, 0.25) is 19.7 Å². The smallest absolute Gasteiger partial charge is 0.207 e. The van der Waals surface area contributed by atoms with Gasteiger partial charge in [0, 0.05) is 27.9 Å². The monoisotopic (exact) mass is 593 g/mol. The summed E-state index contributed by atoms with van der Waals surface area (Å²) in [6.45, 7) is 8.35. The molecule has 7 heteroatoms. The molecule has 0 unspecified atom stereocenters. The molecule has 0 fully saturated rings. The highest BCUT2D eigenvalue weighted by atomic mass is 32.2. The van der Waals surface area contributed by atoms with Crippen molar-refractivity contribution in [3.8, 4) is 22.3 Å². The summed E-state index contributed by atoms with van der Waals surface area (Å²) in [7, 11) is -7.69. The first kappa shape index (κ1) is 26.9. The number of aryl methyl sites for hydroxylation is 2. The van der Waals surface area contributed by atoms with Crippen LogP contribution in [0.15, 0.2) is 105 Å². The Morgan fingerprint density at radius 3 is 2.05 bits per heavy atom. The SMILES string of the molecule is CCC(CC)(Nc1ccc(C)cc1C)c1ccc2c(c1)S(=O)(=O)c1cc3c(cc1-2)S(=O)(=O)c1ccc2ccccc2c1-3. The van der Waals surface area contributed by atoms with Crippen molar-refractivity contribution >= 4 is 36.1 Å². The van der Waals surface area contributed by atoms with Crippen molar-refractivity contribution in [2.24, 2.45) is 0 Å². The lowest BCUT2D eigenvalue weighted by molar-refractivity contribution is 0.453. The number of benzene rings is 5. The summed E-state index contributed by atoms with van der Waals surface area (Å²) in [5.74, 6) is 0. The molecular weight excluding hydrogens is 563 g/mol. The fourth-order valence-corrected chi connectivity index (χ4v) is 10.2. The molecule has 0 radical (unpaired) electrons. The summed E-state index contributed by atoms with van der Waals surface area (Å²) in [6.07, 6.45) is 1.50. The molecule has 5 aromatic rings. The van der Waals surface area contributed by atoms with Crippen molar-refractivity contribution in [3.05, 3.63) is 102 Å². The largest absolute Gasteiger partial charge is 0.375 e. The molecule has 0 saturated heterocycles. The molecule has 42 heavy (non-hydrogen) atoms. The maximum absolute atomic E-state index is 14.1. The van der Waals surface area contributed by atoms with Crippen molar-refractivity contribution in [1.82, 2.24) is 0 Å². The molecule has 0 spiro atoms. The first-order chi connectivity index (χ1) is 20.0. The summed E-state index contributed by atoms with van der Waals surface area (Å²) >= 11 is 0. The Morgan fingerprint density at radius 1 is 0.643 bits per heavy atom. The van der Waals surface area contributed by atoms with Gasteiger partial charge in [0.15, 0.2) is 0 Å². The van der Waals surface area contributed by atoms with E-state index in [1.54, 1.807) is 30.3 Å². The minimum absolute atomic E-state index is 0.158. The highest BCUT2D eigenvalue weighted by molar-refractivity contribution is 7.92. The molecule has 2 heterocycles. The third-order valence-corrected chi connectivity index (χ3v) is 12.9. The van der Waals surface area contributed by atoms with E-state index in [1.165, 1.54) is 5.56 Å². The lowest BCUT2D eigenvalue weighted by Crippen LogP contribution is -2.34. The molecule has 0 bridgehead atoms. The normalized spacial score (nSPS) is 15.6. The van der Waals surface area contributed by atoms with Crippen LogP contribution >= 0.6 is 0 Å². The van der Waals surface area contributed by atoms with Gasteiger partial charge in [-0.3, -0.25) is 0 Å². The van der Waals surface area contributed by atoms with Gasteiger partial charge in [-0.05, 0) is 78.9 Å². The molecule has 2 aliphatic rings. The number of hydrogen-bond acceptors (Lipinski definition) is 5. The van der Waals surface area contributed by atoms with Crippen LogP contribution in [0.2, 0.25) is 0 Å². The van der Waals surface area contributed by atoms with E-state index in [4.69, 9.17) is 0 Å². The van der Waals surface area contributed by atoms with Crippen molar-refractivity contribution in [1.29, 1.82) is 0 Å². The Hall–Kier alpha value is -3.94. The van der Waals surface area contributed by atoms with E-state index in [-0.39, 0.29) is 19.6 Å². The summed E-state index contributed by atoms with van der Waals surface area (Å²) in [6, 6.07) is 26.1. The zero-order valence-corrected chi connectivity index (χ0v) is 25.6. The number of rotatable bonds is 5. The first-order valence-corrected chi connectivity index (χ1v) is 17.2. The predicted octanol–water partition coefficient (Wildman–Crippen LogP) is 8.21. The maximum atomic E-state index is 14.1. The Bertz CT molecular complexity index is 2190. The summed E-state index contributed by atoms with van der Waals surface area (Å²) in [4.78, 5) is 0.766. The molecular formula is C35H31NO4S2. The van der Waals surface area contributed by atoms with Crippen molar-refractivity contribution in [3.63, 3.8) is 0 Å². The van der Waals surface area contributed by atoms with Crippen molar-refractivity contribution in [2.75, 3.05) is 5.32 Å². The Balaban J connectivity index is 1.40. The first-order valence-electron chi connectivity index (χ1n) is 14.2. The van der Waals surface area contributed by atoms with Crippen molar-refractivity contribution in [2.45, 2.75) is 65.7 Å². The fourth-order valence-electron chi connectivity index (χ4n) is 6.78. The summed E-state index contributed by atoms with van der Waals surface area (Å²) in [5.41, 5.74) is 5.74. The van der Waals surface area contributed by atoms with Crippen LogP contribution in [0.3, 0.4) is 0 Å². The minimum Gasteiger partial charge on any atom is -0.375 e. The average Bonchev–Trinajstić information content (AvgIpc) is 3.35. The molecule has 5 aromatic carbocycles. The van der Waals surface area contributed by atoms with Gasteiger partial charge in [-0.2, -0.15) is 0 Å². The molecule has 2 aliphatic heterocycles. The number of fused-ring (bicyclic) bond motifs is 8. The maximum Gasteiger partial charge on any atom is 0.207 e. The average molecular weight is 594 g/mol. The Kier molecular flexibility index (Phi) is 5.79. The van der Waals surface area contributed by atoms with Gasteiger partial charge in [-0.1, -0.05) is 74.0 Å². The zero-order valence-electron chi connectivity index (χ0n) is 23.9. The van der Waals surface area contributed by atoms with Crippen LogP contribution in [0.4, 0.5) is 5.69 Å². The molecule has 0 atom stereocenters. The quantitative estimate of drug-likeness (QED) is 0.218. The third kappa shape index (κ3) is 3.59. The highest BCUT2D eigenvalue weighted by Crippen LogP contribution is 2.53. The lowest BCUT2D eigenvalue weighted by atomic mass is 9.83.